The van der Waals surface area contributed by atoms with E-state index in [0.29, 0.717) is 4.88 Å². The van der Waals surface area contributed by atoms with Gasteiger partial charge in [-0.2, -0.15) is 0 Å². The quantitative estimate of drug-likeness (QED) is 0.810. The number of nitrogens with one attached hydrogen (secondary N) is 1. The molecule has 9 heteroatoms. The summed E-state index contributed by atoms with van der Waals surface area (Å²) >= 11 is 7.77. The van der Waals surface area contributed by atoms with Crippen LogP contribution in [-0.2, 0) is 10.0 Å². The minimum atomic E-state index is -3.53. The highest BCUT2D eigenvalue weighted by Crippen LogP contribution is 2.32. The van der Waals surface area contributed by atoms with Crippen LogP contribution in [0.4, 0.5) is 0 Å². The van der Waals surface area contributed by atoms with Crippen molar-refractivity contribution in [2.24, 2.45) is 5.14 Å². The molecule has 1 aromatic heterocycles. The molecule has 90 valence electrons. The third kappa shape index (κ3) is 4.50. The SMILES string of the molecule is NS(=O)(=O)CCNC(=O)c1cc(Br)c(Br)s1. The molecule has 1 rings (SSSR count). The first-order valence-corrected chi connectivity index (χ1v) is 8.15. The fourth-order valence-electron chi connectivity index (χ4n) is 0.852. The Hall–Kier alpha value is 0.0400. The summed E-state index contributed by atoms with van der Waals surface area (Å²) < 4.78 is 22.8. The number of rotatable bonds is 4. The van der Waals surface area contributed by atoms with E-state index in [0.717, 1.165) is 8.26 Å². The topological polar surface area (TPSA) is 89.3 Å². The van der Waals surface area contributed by atoms with Gasteiger partial charge in [0.15, 0.2) is 0 Å². The van der Waals surface area contributed by atoms with Gasteiger partial charge in [-0.05, 0) is 37.9 Å². The van der Waals surface area contributed by atoms with Crippen molar-refractivity contribution in [1.29, 1.82) is 0 Å². The van der Waals surface area contributed by atoms with Gasteiger partial charge >= 0.3 is 0 Å². The first kappa shape index (κ1) is 14.1. The molecule has 0 aromatic carbocycles. The molecule has 0 saturated carbocycles. The highest BCUT2D eigenvalue weighted by molar-refractivity contribution is 9.13. The Labute approximate surface area is 114 Å². The van der Waals surface area contributed by atoms with Crippen molar-refractivity contribution in [3.63, 3.8) is 0 Å². The molecule has 0 radical (unpaired) electrons. The van der Waals surface area contributed by atoms with Crippen LogP contribution in [0.3, 0.4) is 0 Å². The van der Waals surface area contributed by atoms with Crippen molar-refractivity contribution in [2.75, 3.05) is 12.3 Å². The molecule has 1 aromatic rings. The van der Waals surface area contributed by atoms with Gasteiger partial charge in [0.2, 0.25) is 10.0 Å². The molecule has 16 heavy (non-hydrogen) atoms. The molecule has 1 heterocycles. The molecule has 0 spiro atoms. The summed E-state index contributed by atoms with van der Waals surface area (Å²) in [7, 11) is -3.53. The maximum atomic E-state index is 11.5. The zero-order valence-corrected chi connectivity index (χ0v) is 12.7. The normalized spacial score (nSPS) is 11.4. The van der Waals surface area contributed by atoms with E-state index in [2.05, 4.69) is 37.2 Å². The molecule has 5 nitrogen and oxygen atoms in total. The van der Waals surface area contributed by atoms with Crippen molar-refractivity contribution in [1.82, 2.24) is 5.32 Å². The van der Waals surface area contributed by atoms with E-state index in [1.807, 2.05) is 0 Å². The molecular formula is C7H8Br2N2O3S2. The molecule has 0 fully saturated rings. The minimum Gasteiger partial charge on any atom is -0.350 e. The number of sulfonamides is 1. The van der Waals surface area contributed by atoms with E-state index in [1.165, 1.54) is 11.3 Å². The Bertz CT molecular complexity index is 478. The Morgan fingerprint density at radius 1 is 1.50 bits per heavy atom. The maximum absolute atomic E-state index is 11.5. The lowest BCUT2D eigenvalue weighted by Crippen LogP contribution is -2.31. The third-order valence-corrected chi connectivity index (χ3v) is 5.57. The minimum absolute atomic E-state index is 0.00477. The summed E-state index contributed by atoms with van der Waals surface area (Å²) in [4.78, 5) is 12.0. The van der Waals surface area contributed by atoms with E-state index in [1.54, 1.807) is 6.07 Å². The standard InChI is InChI=1S/C7H8Br2N2O3S2/c8-4-3-5(15-6(4)9)7(12)11-1-2-16(10,13)14/h3H,1-2H2,(H,11,12)(H2,10,13,14). The molecule has 3 N–H and O–H groups in total. The van der Waals surface area contributed by atoms with Crippen LogP contribution in [0.2, 0.25) is 0 Å². The number of halogens is 2. The molecule has 0 saturated heterocycles. The largest absolute Gasteiger partial charge is 0.350 e. The molecule has 0 atom stereocenters. The Balaban J connectivity index is 2.54. The maximum Gasteiger partial charge on any atom is 0.261 e. The second-order valence-corrected chi connectivity index (χ2v) is 7.81. The van der Waals surface area contributed by atoms with Gasteiger partial charge in [0.1, 0.15) is 0 Å². The predicted molar refractivity (Wildman–Crippen MR) is 70.0 cm³/mol. The van der Waals surface area contributed by atoms with Crippen molar-refractivity contribution >= 4 is 59.1 Å². The number of thiophene rings is 1. The average Bonchev–Trinajstić information content (AvgIpc) is 2.45. The van der Waals surface area contributed by atoms with Crippen LogP contribution in [0.5, 0.6) is 0 Å². The summed E-state index contributed by atoms with van der Waals surface area (Å²) in [6.07, 6.45) is 0. The van der Waals surface area contributed by atoms with E-state index < -0.39 is 10.0 Å². The van der Waals surface area contributed by atoms with Gasteiger partial charge in [-0.15, -0.1) is 11.3 Å². The number of hydrogen-bond acceptors (Lipinski definition) is 4. The number of carbonyl (C=O) groups is 1. The van der Waals surface area contributed by atoms with Gasteiger partial charge in [0.05, 0.1) is 14.4 Å². The molecule has 1 amide bonds. The van der Waals surface area contributed by atoms with Crippen LogP contribution in [0.1, 0.15) is 9.67 Å². The second kappa shape index (κ2) is 5.58. The van der Waals surface area contributed by atoms with Crippen molar-refractivity contribution in [3.05, 3.63) is 19.2 Å². The number of primary sulfonamides is 1. The van der Waals surface area contributed by atoms with Gasteiger partial charge in [-0.1, -0.05) is 0 Å². The Morgan fingerprint density at radius 3 is 2.56 bits per heavy atom. The number of amides is 1. The molecule has 0 aliphatic heterocycles. The van der Waals surface area contributed by atoms with E-state index >= 15 is 0 Å². The molecular weight excluding hydrogens is 384 g/mol. The summed E-state index contributed by atoms with van der Waals surface area (Å²) in [5.74, 6) is -0.591. The lowest BCUT2D eigenvalue weighted by molar-refractivity contribution is 0.0960. The first-order valence-electron chi connectivity index (χ1n) is 4.03. The van der Waals surface area contributed by atoms with Gasteiger partial charge in [0, 0.05) is 11.0 Å². The lowest BCUT2D eigenvalue weighted by Gasteiger charge is -2.01. The van der Waals surface area contributed by atoms with Crippen molar-refractivity contribution < 1.29 is 13.2 Å². The highest BCUT2D eigenvalue weighted by Gasteiger charge is 2.12. The molecule has 0 bridgehead atoms. The molecule has 0 unspecified atom stereocenters. The second-order valence-electron chi connectivity index (χ2n) is 2.86. The Kier molecular flexibility index (Phi) is 4.92. The van der Waals surface area contributed by atoms with Crippen LogP contribution >= 0.6 is 43.2 Å². The summed E-state index contributed by atoms with van der Waals surface area (Å²) in [6, 6.07) is 1.65. The average molecular weight is 392 g/mol. The van der Waals surface area contributed by atoms with Crippen molar-refractivity contribution in [2.45, 2.75) is 0 Å². The summed E-state index contributed by atoms with van der Waals surface area (Å²) in [6.45, 7) is 0.00477. The van der Waals surface area contributed by atoms with Gasteiger partial charge in [-0.3, -0.25) is 4.79 Å². The fourth-order valence-corrected chi connectivity index (χ4v) is 3.19. The van der Waals surface area contributed by atoms with Crippen molar-refractivity contribution in [3.8, 4) is 0 Å². The van der Waals surface area contributed by atoms with Crippen LogP contribution in [0, 0.1) is 0 Å². The van der Waals surface area contributed by atoms with E-state index in [9.17, 15) is 13.2 Å². The van der Waals surface area contributed by atoms with Crippen LogP contribution in [0.25, 0.3) is 0 Å². The lowest BCUT2D eigenvalue weighted by atomic mass is 10.4. The number of hydrogen-bond donors (Lipinski definition) is 2. The van der Waals surface area contributed by atoms with Gasteiger partial charge in [-0.25, -0.2) is 13.6 Å². The third-order valence-electron chi connectivity index (χ3n) is 1.54. The van der Waals surface area contributed by atoms with Crippen LogP contribution in [0.15, 0.2) is 14.3 Å². The molecule has 0 aliphatic carbocycles. The predicted octanol–water partition coefficient (Wildman–Crippen LogP) is 1.29. The summed E-state index contributed by atoms with van der Waals surface area (Å²) in [5, 5.41) is 7.26. The fraction of sp³-hybridized carbons (Fsp3) is 0.286. The van der Waals surface area contributed by atoms with Crippen LogP contribution in [-0.4, -0.2) is 26.6 Å². The Morgan fingerprint density at radius 2 is 2.12 bits per heavy atom. The summed E-state index contributed by atoms with van der Waals surface area (Å²) in [5.41, 5.74) is 0. The van der Waals surface area contributed by atoms with Gasteiger partial charge < -0.3 is 5.32 Å². The number of carbonyl (C=O) groups excluding carboxylic acids is 1. The first-order chi connectivity index (χ1) is 7.29. The van der Waals surface area contributed by atoms with E-state index in [4.69, 9.17) is 5.14 Å². The monoisotopic (exact) mass is 390 g/mol. The van der Waals surface area contributed by atoms with Gasteiger partial charge in [0.25, 0.3) is 5.91 Å². The van der Waals surface area contributed by atoms with E-state index in [-0.39, 0.29) is 18.2 Å². The van der Waals surface area contributed by atoms with Crippen LogP contribution < -0.4 is 10.5 Å². The zero-order valence-electron chi connectivity index (χ0n) is 7.87. The smallest absolute Gasteiger partial charge is 0.261 e. The highest BCUT2D eigenvalue weighted by atomic mass is 79.9. The number of nitrogens with two attached hydrogens (primary N) is 1. The molecule has 0 aliphatic rings. The zero-order chi connectivity index (χ0) is 12.3.